The third-order valence-electron chi connectivity index (χ3n) is 4.96. The predicted molar refractivity (Wildman–Crippen MR) is 106 cm³/mol. The van der Waals surface area contributed by atoms with Gasteiger partial charge in [0.15, 0.2) is 0 Å². The maximum atomic E-state index is 13.2. The lowest BCUT2D eigenvalue weighted by Gasteiger charge is -2.11. The van der Waals surface area contributed by atoms with E-state index in [1.165, 1.54) is 18.2 Å². The average Bonchev–Trinajstić information content (AvgIpc) is 2.97. The van der Waals surface area contributed by atoms with Crippen molar-refractivity contribution in [3.63, 3.8) is 0 Å². The Kier molecular flexibility index (Phi) is 6.39. The molecule has 0 saturated carbocycles. The molecule has 0 aliphatic rings. The molecule has 2 heterocycles. The summed E-state index contributed by atoms with van der Waals surface area (Å²) in [5, 5.41) is 18.5. The number of carbonyl (C=O) groups is 1. The fourth-order valence-electron chi connectivity index (χ4n) is 3.31. The van der Waals surface area contributed by atoms with Gasteiger partial charge in [0.2, 0.25) is 0 Å². The van der Waals surface area contributed by atoms with Gasteiger partial charge in [-0.25, -0.2) is 14.2 Å². The van der Waals surface area contributed by atoms with Gasteiger partial charge in [0.1, 0.15) is 11.6 Å². The monoisotopic (exact) mass is 397 g/mol. The van der Waals surface area contributed by atoms with Crippen LogP contribution < -0.4 is 0 Å². The van der Waals surface area contributed by atoms with Crippen LogP contribution in [0.15, 0.2) is 36.4 Å². The maximum absolute atomic E-state index is 13.2. The standard InChI is InChI=1S/C22H24FN3O3/c1-14-15(2)26(12-16-6-8-18(23)9-7-16)21(24-14)5-3-4-19-10-17(22(28)29)11-20(13-27)25-19/h6-11,27H,3-5,12-13H2,1-2H3,(H,28,29). The summed E-state index contributed by atoms with van der Waals surface area (Å²) in [6.07, 6.45) is 2.01. The van der Waals surface area contributed by atoms with Gasteiger partial charge in [0.25, 0.3) is 0 Å². The third-order valence-corrected chi connectivity index (χ3v) is 4.96. The van der Waals surface area contributed by atoms with Crippen LogP contribution in [0.1, 0.15) is 50.9 Å². The van der Waals surface area contributed by atoms with Crippen LogP contribution in [-0.2, 0) is 26.0 Å². The first kappa shape index (κ1) is 20.7. The summed E-state index contributed by atoms with van der Waals surface area (Å²) in [4.78, 5) is 20.2. The molecule has 1 aromatic carbocycles. The molecule has 0 aliphatic carbocycles. The Morgan fingerprint density at radius 2 is 1.76 bits per heavy atom. The van der Waals surface area contributed by atoms with E-state index in [0.29, 0.717) is 30.8 Å². The Bertz CT molecular complexity index is 1010. The van der Waals surface area contributed by atoms with Gasteiger partial charge in [0, 0.05) is 24.4 Å². The number of hydrogen-bond donors (Lipinski definition) is 2. The first-order valence-corrected chi connectivity index (χ1v) is 9.48. The summed E-state index contributed by atoms with van der Waals surface area (Å²) >= 11 is 0. The van der Waals surface area contributed by atoms with E-state index in [0.717, 1.165) is 29.2 Å². The molecule has 2 N–H and O–H groups in total. The largest absolute Gasteiger partial charge is 0.478 e. The molecule has 0 spiro atoms. The van der Waals surface area contributed by atoms with E-state index in [-0.39, 0.29) is 18.0 Å². The number of pyridine rings is 1. The second-order valence-corrected chi connectivity index (χ2v) is 7.07. The number of carboxylic acids is 1. The summed E-state index contributed by atoms with van der Waals surface area (Å²) in [5.74, 6) is -0.364. The van der Waals surface area contributed by atoms with Crippen LogP contribution in [0.3, 0.4) is 0 Å². The number of imidazole rings is 1. The van der Waals surface area contributed by atoms with Crippen LogP contribution in [0.5, 0.6) is 0 Å². The minimum atomic E-state index is -1.04. The highest BCUT2D eigenvalue weighted by Gasteiger charge is 2.13. The molecule has 0 radical (unpaired) electrons. The summed E-state index contributed by atoms with van der Waals surface area (Å²) in [6, 6.07) is 9.37. The summed E-state index contributed by atoms with van der Waals surface area (Å²) in [6.45, 7) is 4.30. The van der Waals surface area contributed by atoms with Crippen molar-refractivity contribution in [3.05, 3.63) is 81.9 Å². The minimum absolute atomic E-state index is 0.128. The molecule has 7 heteroatoms. The Balaban J connectivity index is 1.73. The smallest absolute Gasteiger partial charge is 0.335 e. The quantitative estimate of drug-likeness (QED) is 0.608. The fraction of sp³-hybridized carbons (Fsp3) is 0.318. The lowest BCUT2D eigenvalue weighted by Crippen LogP contribution is -2.08. The van der Waals surface area contributed by atoms with Crippen LogP contribution >= 0.6 is 0 Å². The molecule has 152 valence electrons. The summed E-state index contributed by atoms with van der Waals surface area (Å²) in [7, 11) is 0. The molecular formula is C22H24FN3O3. The van der Waals surface area contributed by atoms with Gasteiger partial charge in [-0.1, -0.05) is 12.1 Å². The predicted octanol–water partition coefficient (Wildman–Crippen LogP) is 3.45. The van der Waals surface area contributed by atoms with Gasteiger partial charge >= 0.3 is 5.97 Å². The molecule has 2 aromatic heterocycles. The lowest BCUT2D eigenvalue weighted by molar-refractivity contribution is 0.0696. The van der Waals surface area contributed by atoms with Crippen molar-refractivity contribution < 1.29 is 19.4 Å². The molecule has 0 atom stereocenters. The number of carboxylic acid groups (broad SMARTS) is 1. The van der Waals surface area contributed by atoms with Gasteiger partial charge in [-0.05, 0) is 56.5 Å². The molecule has 0 amide bonds. The van der Waals surface area contributed by atoms with Gasteiger partial charge in [0.05, 0.1) is 23.6 Å². The van der Waals surface area contributed by atoms with Crippen molar-refractivity contribution >= 4 is 5.97 Å². The van der Waals surface area contributed by atoms with E-state index in [9.17, 15) is 19.4 Å². The van der Waals surface area contributed by atoms with Crippen LogP contribution in [0, 0.1) is 19.7 Å². The van der Waals surface area contributed by atoms with E-state index in [1.54, 1.807) is 18.2 Å². The Labute approximate surface area is 168 Å². The number of hydrogen-bond acceptors (Lipinski definition) is 4. The number of halogens is 1. The lowest BCUT2D eigenvalue weighted by atomic mass is 10.1. The fourth-order valence-corrected chi connectivity index (χ4v) is 3.31. The van der Waals surface area contributed by atoms with Crippen molar-refractivity contribution in [2.75, 3.05) is 0 Å². The number of aryl methyl sites for hydroxylation is 3. The number of rotatable bonds is 8. The number of benzene rings is 1. The number of aliphatic hydroxyl groups excluding tert-OH is 1. The van der Waals surface area contributed by atoms with Crippen molar-refractivity contribution in [2.45, 2.75) is 46.3 Å². The molecule has 3 aromatic rings. The second-order valence-electron chi connectivity index (χ2n) is 7.07. The zero-order valence-electron chi connectivity index (χ0n) is 16.5. The van der Waals surface area contributed by atoms with Gasteiger partial charge in [-0.15, -0.1) is 0 Å². The van der Waals surface area contributed by atoms with Crippen LogP contribution in [-0.4, -0.2) is 30.7 Å². The summed E-state index contributed by atoms with van der Waals surface area (Å²) in [5.41, 5.74) is 4.14. The molecule has 0 saturated heterocycles. The van der Waals surface area contributed by atoms with Crippen molar-refractivity contribution in [1.29, 1.82) is 0 Å². The number of aliphatic hydroxyl groups is 1. The van der Waals surface area contributed by atoms with Crippen molar-refractivity contribution in [3.8, 4) is 0 Å². The van der Waals surface area contributed by atoms with E-state index >= 15 is 0 Å². The van der Waals surface area contributed by atoms with Crippen molar-refractivity contribution in [1.82, 2.24) is 14.5 Å². The Morgan fingerprint density at radius 3 is 2.41 bits per heavy atom. The molecule has 29 heavy (non-hydrogen) atoms. The molecule has 3 rings (SSSR count). The minimum Gasteiger partial charge on any atom is -0.478 e. The van der Waals surface area contributed by atoms with E-state index < -0.39 is 5.97 Å². The van der Waals surface area contributed by atoms with Gasteiger partial charge in [-0.3, -0.25) is 4.98 Å². The Morgan fingerprint density at radius 1 is 1.07 bits per heavy atom. The van der Waals surface area contributed by atoms with Gasteiger partial charge in [-0.2, -0.15) is 0 Å². The number of aromatic nitrogens is 3. The van der Waals surface area contributed by atoms with E-state index in [4.69, 9.17) is 0 Å². The first-order chi connectivity index (χ1) is 13.9. The van der Waals surface area contributed by atoms with E-state index in [2.05, 4.69) is 14.5 Å². The first-order valence-electron chi connectivity index (χ1n) is 9.48. The maximum Gasteiger partial charge on any atom is 0.335 e. The zero-order valence-corrected chi connectivity index (χ0v) is 16.5. The summed E-state index contributed by atoms with van der Waals surface area (Å²) < 4.78 is 15.3. The normalized spacial score (nSPS) is 11.0. The SMILES string of the molecule is Cc1nc(CCCc2cc(C(=O)O)cc(CO)n2)n(Cc2ccc(F)cc2)c1C. The highest BCUT2D eigenvalue weighted by molar-refractivity contribution is 5.87. The molecule has 6 nitrogen and oxygen atoms in total. The molecule has 0 aliphatic heterocycles. The van der Waals surface area contributed by atoms with E-state index in [1.807, 2.05) is 13.8 Å². The van der Waals surface area contributed by atoms with Gasteiger partial charge < -0.3 is 14.8 Å². The highest BCUT2D eigenvalue weighted by Crippen LogP contribution is 2.17. The third kappa shape index (κ3) is 5.06. The highest BCUT2D eigenvalue weighted by atomic mass is 19.1. The van der Waals surface area contributed by atoms with Crippen LogP contribution in [0.25, 0.3) is 0 Å². The van der Waals surface area contributed by atoms with Crippen molar-refractivity contribution in [2.24, 2.45) is 0 Å². The second kappa shape index (κ2) is 8.96. The van der Waals surface area contributed by atoms with Crippen LogP contribution in [0.4, 0.5) is 4.39 Å². The zero-order chi connectivity index (χ0) is 21.0. The molecule has 0 bridgehead atoms. The van der Waals surface area contributed by atoms with Crippen LogP contribution in [0.2, 0.25) is 0 Å². The number of aromatic carboxylic acids is 1. The molecular weight excluding hydrogens is 373 g/mol. The average molecular weight is 397 g/mol. The number of nitrogens with zero attached hydrogens (tertiary/aromatic N) is 3. The Hall–Kier alpha value is -3.06. The topological polar surface area (TPSA) is 88.2 Å². The molecule has 0 unspecified atom stereocenters. The molecule has 0 fully saturated rings.